The van der Waals surface area contributed by atoms with E-state index in [2.05, 4.69) is 15.6 Å². The Balaban J connectivity index is 1.50. The van der Waals surface area contributed by atoms with Crippen molar-refractivity contribution in [3.05, 3.63) is 103 Å². The van der Waals surface area contributed by atoms with Crippen LogP contribution in [0, 0.1) is 0 Å². The minimum atomic E-state index is -0.144. The standard InChI is InChI=1S/C23H19N3O2/c27-23(25-16-21-10-5-13-28-21)19-7-4-6-17(14-19)18-11-12-24-22(15-18)26-20-8-2-1-3-9-20/h1-15H,16H2,(H,24,26)(H,25,27). The molecule has 0 spiro atoms. The number of rotatable bonds is 6. The van der Waals surface area contributed by atoms with Gasteiger partial charge in [-0.15, -0.1) is 0 Å². The van der Waals surface area contributed by atoms with E-state index in [1.165, 1.54) is 0 Å². The first kappa shape index (κ1) is 17.5. The molecule has 2 N–H and O–H groups in total. The summed E-state index contributed by atoms with van der Waals surface area (Å²) >= 11 is 0. The first-order chi connectivity index (χ1) is 13.8. The lowest BCUT2D eigenvalue weighted by molar-refractivity contribution is 0.0948. The summed E-state index contributed by atoms with van der Waals surface area (Å²) in [6.45, 7) is 0.358. The van der Waals surface area contributed by atoms with E-state index in [-0.39, 0.29) is 5.91 Å². The summed E-state index contributed by atoms with van der Waals surface area (Å²) in [5, 5.41) is 6.15. The van der Waals surface area contributed by atoms with Crippen molar-refractivity contribution < 1.29 is 9.21 Å². The van der Waals surface area contributed by atoms with E-state index in [0.29, 0.717) is 12.1 Å². The molecule has 5 nitrogen and oxygen atoms in total. The van der Waals surface area contributed by atoms with Crippen molar-refractivity contribution in [3.8, 4) is 11.1 Å². The van der Waals surface area contributed by atoms with Gasteiger partial charge in [0.05, 0.1) is 12.8 Å². The summed E-state index contributed by atoms with van der Waals surface area (Å²) < 4.78 is 5.25. The van der Waals surface area contributed by atoms with Gasteiger partial charge in [0.25, 0.3) is 5.91 Å². The zero-order valence-electron chi connectivity index (χ0n) is 15.1. The Morgan fingerprint density at radius 2 is 1.75 bits per heavy atom. The molecule has 0 bridgehead atoms. The average Bonchev–Trinajstić information content (AvgIpc) is 3.27. The molecule has 0 aliphatic carbocycles. The Bertz CT molecular complexity index is 1060. The third kappa shape index (κ3) is 4.27. The smallest absolute Gasteiger partial charge is 0.251 e. The highest BCUT2D eigenvalue weighted by molar-refractivity contribution is 5.95. The number of carbonyl (C=O) groups excluding carboxylic acids is 1. The van der Waals surface area contributed by atoms with E-state index < -0.39 is 0 Å². The Morgan fingerprint density at radius 3 is 2.57 bits per heavy atom. The molecule has 2 aromatic heterocycles. The van der Waals surface area contributed by atoms with E-state index in [1.807, 2.05) is 66.7 Å². The Hall–Kier alpha value is -3.86. The number of hydrogen-bond donors (Lipinski definition) is 2. The molecule has 2 aromatic carbocycles. The van der Waals surface area contributed by atoms with Gasteiger partial charge in [0, 0.05) is 17.4 Å². The molecule has 2 heterocycles. The van der Waals surface area contributed by atoms with Gasteiger partial charge in [0.2, 0.25) is 0 Å². The number of nitrogens with zero attached hydrogens (tertiary/aromatic N) is 1. The van der Waals surface area contributed by atoms with Crippen LogP contribution in [0.5, 0.6) is 0 Å². The molecule has 1 amide bonds. The minimum Gasteiger partial charge on any atom is -0.467 e. The number of anilines is 2. The Kier molecular flexibility index (Phi) is 5.15. The van der Waals surface area contributed by atoms with Gasteiger partial charge in [-0.25, -0.2) is 4.98 Å². The molecule has 5 heteroatoms. The van der Waals surface area contributed by atoms with E-state index in [4.69, 9.17) is 4.42 Å². The maximum absolute atomic E-state index is 12.5. The third-order valence-corrected chi connectivity index (χ3v) is 4.27. The number of para-hydroxylation sites is 1. The van der Waals surface area contributed by atoms with Crippen molar-refractivity contribution >= 4 is 17.4 Å². The fourth-order valence-corrected chi connectivity index (χ4v) is 2.87. The maximum Gasteiger partial charge on any atom is 0.251 e. The largest absolute Gasteiger partial charge is 0.467 e. The van der Waals surface area contributed by atoms with Crippen LogP contribution in [0.15, 0.2) is 95.7 Å². The van der Waals surface area contributed by atoms with Crippen LogP contribution in [0.4, 0.5) is 11.5 Å². The predicted molar refractivity (Wildman–Crippen MR) is 109 cm³/mol. The Morgan fingerprint density at radius 1 is 0.893 bits per heavy atom. The van der Waals surface area contributed by atoms with Gasteiger partial charge in [-0.2, -0.15) is 0 Å². The fraction of sp³-hybridized carbons (Fsp3) is 0.0435. The van der Waals surface area contributed by atoms with E-state index >= 15 is 0 Å². The molecule has 4 aromatic rings. The summed E-state index contributed by atoms with van der Waals surface area (Å²) in [6, 6.07) is 24.9. The van der Waals surface area contributed by atoms with E-state index in [1.54, 1.807) is 24.6 Å². The molecular formula is C23H19N3O2. The lowest BCUT2D eigenvalue weighted by Gasteiger charge is -2.09. The quantitative estimate of drug-likeness (QED) is 0.501. The number of hydrogen-bond acceptors (Lipinski definition) is 4. The number of benzene rings is 2. The molecule has 0 fully saturated rings. The van der Waals surface area contributed by atoms with Gasteiger partial charge < -0.3 is 15.1 Å². The highest BCUT2D eigenvalue weighted by Crippen LogP contribution is 2.24. The van der Waals surface area contributed by atoms with Crippen molar-refractivity contribution in [1.82, 2.24) is 10.3 Å². The number of carbonyl (C=O) groups is 1. The van der Waals surface area contributed by atoms with Crippen LogP contribution in [0.1, 0.15) is 16.1 Å². The number of nitrogens with one attached hydrogen (secondary N) is 2. The number of pyridine rings is 1. The van der Waals surface area contributed by atoms with Crippen LogP contribution in [0.2, 0.25) is 0 Å². The second-order valence-electron chi connectivity index (χ2n) is 6.26. The van der Waals surface area contributed by atoms with Gasteiger partial charge in [0.1, 0.15) is 11.6 Å². The molecule has 28 heavy (non-hydrogen) atoms. The summed E-state index contributed by atoms with van der Waals surface area (Å²) in [6.07, 6.45) is 3.34. The van der Waals surface area contributed by atoms with Crippen molar-refractivity contribution in [3.63, 3.8) is 0 Å². The number of amides is 1. The van der Waals surface area contributed by atoms with Crippen LogP contribution in [0.25, 0.3) is 11.1 Å². The summed E-state index contributed by atoms with van der Waals surface area (Å²) in [4.78, 5) is 16.8. The molecule has 0 unspecified atom stereocenters. The third-order valence-electron chi connectivity index (χ3n) is 4.27. The molecule has 0 saturated heterocycles. The first-order valence-electron chi connectivity index (χ1n) is 8.97. The highest BCUT2D eigenvalue weighted by atomic mass is 16.3. The molecule has 0 aliphatic heterocycles. The van der Waals surface area contributed by atoms with E-state index in [9.17, 15) is 4.79 Å². The zero-order valence-corrected chi connectivity index (χ0v) is 15.1. The van der Waals surface area contributed by atoms with Crippen molar-refractivity contribution in [2.75, 3.05) is 5.32 Å². The molecule has 0 aliphatic rings. The van der Waals surface area contributed by atoms with Crippen LogP contribution >= 0.6 is 0 Å². The van der Waals surface area contributed by atoms with Crippen molar-refractivity contribution in [1.29, 1.82) is 0 Å². The van der Waals surface area contributed by atoms with Crippen LogP contribution in [-0.2, 0) is 6.54 Å². The predicted octanol–water partition coefficient (Wildman–Crippen LogP) is 5.02. The van der Waals surface area contributed by atoms with Gasteiger partial charge in [-0.05, 0) is 59.7 Å². The van der Waals surface area contributed by atoms with Gasteiger partial charge in [0.15, 0.2) is 0 Å². The lowest BCUT2D eigenvalue weighted by Crippen LogP contribution is -2.22. The number of furan rings is 1. The summed E-state index contributed by atoms with van der Waals surface area (Å²) in [5.41, 5.74) is 3.50. The molecule has 0 saturated carbocycles. The van der Waals surface area contributed by atoms with Crippen molar-refractivity contribution in [2.24, 2.45) is 0 Å². The SMILES string of the molecule is O=C(NCc1ccco1)c1cccc(-c2ccnc(Nc3ccccc3)c2)c1. The fourth-order valence-electron chi connectivity index (χ4n) is 2.87. The molecule has 0 radical (unpaired) electrons. The zero-order chi connectivity index (χ0) is 19.2. The van der Waals surface area contributed by atoms with Gasteiger partial charge >= 0.3 is 0 Å². The molecule has 0 atom stereocenters. The Labute approximate surface area is 163 Å². The topological polar surface area (TPSA) is 67.2 Å². The highest BCUT2D eigenvalue weighted by Gasteiger charge is 2.08. The van der Waals surface area contributed by atoms with Crippen LogP contribution in [-0.4, -0.2) is 10.9 Å². The summed E-state index contributed by atoms with van der Waals surface area (Å²) in [7, 11) is 0. The molecule has 138 valence electrons. The number of aromatic nitrogens is 1. The van der Waals surface area contributed by atoms with Crippen LogP contribution < -0.4 is 10.6 Å². The van der Waals surface area contributed by atoms with Crippen LogP contribution in [0.3, 0.4) is 0 Å². The minimum absolute atomic E-state index is 0.144. The lowest BCUT2D eigenvalue weighted by atomic mass is 10.0. The molecule has 4 rings (SSSR count). The molecular weight excluding hydrogens is 350 g/mol. The second-order valence-corrected chi connectivity index (χ2v) is 6.26. The first-order valence-corrected chi connectivity index (χ1v) is 8.97. The maximum atomic E-state index is 12.5. The van der Waals surface area contributed by atoms with Crippen molar-refractivity contribution in [2.45, 2.75) is 6.54 Å². The average molecular weight is 369 g/mol. The summed E-state index contributed by atoms with van der Waals surface area (Å²) in [5.74, 6) is 1.32. The van der Waals surface area contributed by atoms with E-state index in [0.717, 1.165) is 28.4 Å². The monoisotopic (exact) mass is 369 g/mol. The van der Waals surface area contributed by atoms with Gasteiger partial charge in [-0.1, -0.05) is 30.3 Å². The normalized spacial score (nSPS) is 10.4. The van der Waals surface area contributed by atoms with Gasteiger partial charge in [-0.3, -0.25) is 4.79 Å². The second kappa shape index (κ2) is 8.22.